The zero-order valence-electron chi connectivity index (χ0n) is 6.70. The first-order valence-corrected chi connectivity index (χ1v) is 5.04. The summed E-state index contributed by atoms with van der Waals surface area (Å²) in [6.07, 6.45) is 1.45. The Hall–Kier alpha value is 0.180. The van der Waals surface area contributed by atoms with Gasteiger partial charge in [-0.05, 0) is 6.92 Å². The fourth-order valence-corrected chi connectivity index (χ4v) is 1.80. The summed E-state index contributed by atoms with van der Waals surface area (Å²) in [6.45, 7) is 2.39. The van der Waals surface area contributed by atoms with Crippen molar-refractivity contribution in [2.24, 2.45) is 0 Å². The third-order valence-electron chi connectivity index (χ3n) is 1.42. The van der Waals surface area contributed by atoms with E-state index in [1.165, 1.54) is 6.26 Å². The van der Waals surface area contributed by atoms with Gasteiger partial charge < -0.3 is 4.74 Å². The summed E-state index contributed by atoms with van der Waals surface area (Å²) in [4.78, 5) is 0. The fraction of sp³-hybridized carbons (Fsp3) is 0.250. The number of hydrogen-bond acceptors (Lipinski definition) is 1. The summed E-state index contributed by atoms with van der Waals surface area (Å²) in [5.41, 5.74) is 0.528. The molecule has 0 aliphatic heterocycles. The smallest absolute Gasteiger partial charge is 0.0932 e. The highest BCUT2D eigenvalue weighted by Crippen LogP contribution is 2.44. The molecule has 1 aliphatic carbocycles. The maximum Gasteiger partial charge on any atom is 0.0932 e. The van der Waals surface area contributed by atoms with Crippen LogP contribution in [0, 0.1) is 0 Å². The van der Waals surface area contributed by atoms with Crippen LogP contribution in [0.15, 0.2) is 32.0 Å². The van der Waals surface area contributed by atoms with Gasteiger partial charge >= 0.3 is 0 Å². The predicted octanol–water partition coefficient (Wildman–Crippen LogP) is 4.30. The maximum atomic E-state index is 5.84. The summed E-state index contributed by atoms with van der Waals surface area (Å²) in [7, 11) is 0. The molecular weight excluding hydrogens is 254 g/mol. The Kier molecular flexibility index (Phi) is 3.99. The predicted molar refractivity (Wildman–Crippen MR) is 57.2 cm³/mol. The van der Waals surface area contributed by atoms with Crippen LogP contribution in [-0.4, -0.2) is 6.61 Å². The minimum absolute atomic E-state index is 0.263. The molecule has 0 heterocycles. The highest BCUT2D eigenvalue weighted by molar-refractivity contribution is 6.55. The molecule has 0 spiro atoms. The van der Waals surface area contributed by atoms with Crippen LogP contribution in [0.1, 0.15) is 6.92 Å². The number of allylic oxidation sites excluding steroid dienone is 5. The van der Waals surface area contributed by atoms with E-state index in [1.807, 2.05) is 6.92 Å². The van der Waals surface area contributed by atoms with E-state index in [1.54, 1.807) is 0 Å². The molecule has 13 heavy (non-hydrogen) atoms. The molecule has 0 amide bonds. The molecule has 0 N–H and O–H groups in total. The van der Waals surface area contributed by atoms with Crippen LogP contribution < -0.4 is 0 Å². The lowest BCUT2D eigenvalue weighted by molar-refractivity contribution is 0.267. The van der Waals surface area contributed by atoms with Crippen LogP contribution in [0.4, 0.5) is 0 Å². The zero-order valence-corrected chi connectivity index (χ0v) is 9.73. The molecule has 0 unspecified atom stereocenters. The van der Waals surface area contributed by atoms with Gasteiger partial charge in [-0.2, -0.15) is 0 Å². The van der Waals surface area contributed by atoms with Crippen LogP contribution in [0.25, 0.3) is 0 Å². The van der Waals surface area contributed by atoms with Crippen molar-refractivity contribution in [1.29, 1.82) is 0 Å². The summed E-state index contributed by atoms with van der Waals surface area (Å²) in [5.74, 6) is 0. The lowest BCUT2D eigenvalue weighted by Crippen LogP contribution is -1.84. The van der Waals surface area contributed by atoms with Crippen molar-refractivity contribution in [3.05, 3.63) is 32.0 Å². The van der Waals surface area contributed by atoms with Gasteiger partial charge in [0.05, 0.1) is 33.0 Å². The van der Waals surface area contributed by atoms with E-state index in [0.29, 0.717) is 22.2 Å². The van der Waals surface area contributed by atoms with Crippen molar-refractivity contribution in [2.75, 3.05) is 6.61 Å². The second-order valence-electron chi connectivity index (χ2n) is 2.24. The minimum Gasteiger partial charge on any atom is -0.501 e. The molecule has 0 saturated heterocycles. The highest BCUT2D eigenvalue weighted by Gasteiger charge is 2.25. The number of hydrogen-bond donors (Lipinski definition) is 0. The van der Waals surface area contributed by atoms with E-state index >= 15 is 0 Å². The van der Waals surface area contributed by atoms with Crippen LogP contribution >= 0.6 is 46.4 Å². The van der Waals surface area contributed by atoms with Gasteiger partial charge in [-0.3, -0.25) is 0 Å². The molecule has 0 saturated carbocycles. The van der Waals surface area contributed by atoms with Gasteiger partial charge in [0.1, 0.15) is 0 Å². The summed E-state index contributed by atoms with van der Waals surface area (Å²) < 4.78 is 5.04. The lowest BCUT2D eigenvalue weighted by atomic mass is 10.3. The zero-order chi connectivity index (χ0) is 10.0. The van der Waals surface area contributed by atoms with Gasteiger partial charge in [-0.25, -0.2) is 0 Å². The largest absolute Gasteiger partial charge is 0.501 e. The first-order valence-electron chi connectivity index (χ1n) is 3.53. The van der Waals surface area contributed by atoms with E-state index in [4.69, 9.17) is 51.1 Å². The van der Waals surface area contributed by atoms with Crippen LogP contribution in [-0.2, 0) is 4.74 Å². The van der Waals surface area contributed by atoms with E-state index in [2.05, 4.69) is 0 Å². The third kappa shape index (κ3) is 2.16. The average Bonchev–Trinajstić information content (AvgIpc) is 2.30. The molecule has 5 heteroatoms. The van der Waals surface area contributed by atoms with Gasteiger partial charge in [0.25, 0.3) is 0 Å². The van der Waals surface area contributed by atoms with Crippen molar-refractivity contribution in [1.82, 2.24) is 0 Å². The minimum atomic E-state index is 0.263. The Morgan fingerprint density at radius 3 is 1.85 bits per heavy atom. The van der Waals surface area contributed by atoms with Crippen molar-refractivity contribution in [3.8, 4) is 0 Å². The fourth-order valence-electron chi connectivity index (χ4n) is 0.796. The summed E-state index contributed by atoms with van der Waals surface area (Å²) in [6, 6.07) is 0. The van der Waals surface area contributed by atoms with Gasteiger partial charge in [-0.1, -0.05) is 46.4 Å². The Morgan fingerprint density at radius 2 is 1.46 bits per heavy atom. The first-order chi connectivity index (χ1) is 6.09. The molecular formula is C8H6Cl4O. The quantitative estimate of drug-likeness (QED) is 0.672. The topological polar surface area (TPSA) is 9.23 Å². The second kappa shape index (κ2) is 4.61. The molecule has 1 rings (SSSR count). The lowest BCUT2D eigenvalue weighted by Gasteiger charge is -1.99. The SMILES string of the molecule is CCOC=C1C(Cl)=C(Cl)C(Cl)=C1Cl. The number of rotatable bonds is 2. The molecule has 0 bridgehead atoms. The van der Waals surface area contributed by atoms with Crippen LogP contribution in [0.3, 0.4) is 0 Å². The molecule has 0 aromatic heterocycles. The maximum absolute atomic E-state index is 5.84. The van der Waals surface area contributed by atoms with E-state index in [0.717, 1.165) is 0 Å². The second-order valence-corrected chi connectivity index (χ2v) is 3.75. The normalized spacial score (nSPS) is 17.2. The standard InChI is InChI=1S/C8H6Cl4O/c1-2-13-3-4-5(9)7(11)8(12)6(4)10/h3H,2H2,1H3. The number of ether oxygens (including phenoxy) is 1. The van der Waals surface area contributed by atoms with E-state index in [9.17, 15) is 0 Å². The molecule has 0 aromatic rings. The molecule has 1 nitrogen and oxygen atoms in total. The Bertz CT molecular complexity index is 288. The Morgan fingerprint density at radius 1 is 1.00 bits per heavy atom. The van der Waals surface area contributed by atoms with Crippen LogP contribution in [0.2, 0.25) is 0 Å². The summed E-state index contributed by atoms with van der Waals surface area (Å²) >= 11 is 23.2. The first kappa shape index (κ1) is 11.3. The average molecular weight is 260 g/mol. The van der Waals surface area contributed by atoms with Crippen molar-refractivity contribution in [2.45, 2.75) is 6.92 Å². The van der Waals surface area contributed by atoms with Crippen molar-refractivity contribution >= 4 is 46.4 Å². The highest BCUT2D eigenvalue weighted by atomic mass is 35.5. The Labute approximate surface area is 96.5 Å². The van der Waals surface area contributed by atoms with Crippen molar-refractivity contribution < 1.29 is 4.74 Å². The molecule has 1 aliphatic rings. The number of halogens is 4. The van der Waals surface area contributed by atoms with Gasteiger partial charge in [0.2, 0.25) is 0 Å². The Balaban J connectivity index is 3.02. The molecule has 0 atom stereocenters. The summed E-state index contributed by atoms with van der Waals surface area (Å²) in [5, 5.41) is 1.17. The molecule has 72 valence electrons. The van der Waals surface area contributed by atoms with Crippen LogP contribution in [0.5, 0.6) is 0 Å². The van der Waals surface area contributed by atoms with Gasteiger partial charge in [-0.15, -0.1) is 0 Å². The van der Waals surface area contributed by atoms with Gasteiger partial charge in [0, 0.05) is 5.57 Å². The molecule has 0 fully saturated rings. The third-order valence-corrected chi connectivity index (χ3v) is 3.25. The van der Waals surface area contributed by atoms with E-state index in [-0.39, 0.29) is 10.1 Å². The molecule has 0 aromatic carbocycles. The van der Waals surface area contributed by atoms with E-state index < -0.39 is 0 Å². The van der Waals surface area contributed by atoms with Crippen molar-refractivity contribution in [3.63, 3.8) is 0 Å². The van der Waals surface area contributed by atoms with Gasteiger partial charge in [0.15, 0.2) is 0 Å². The monoisotopic (exact) mass is 258 g/mol. The molecule has 0 radical (unpaired) electrons.